The van der Waals surface area contributed by atoms with Crippen LogP contribution in [0.1, 0.15) is 19.4 Å². The zero-order valence-corrected chi connectivity index (χ0v) is 18.1. The zero-order chi connectivity index (χ0) is 21.3. The molecule has 0 aliphatic carbocycles. The highest BCUT2D eigenvalue weighted by molar-refractivity contribution is 7.99. The lowest BCUT2D eigenvalue weighted by atomic mass is 10.2. The lowest BCUT2D eigenvalue weighted by molar-refractivity contribution is 0.516. The second kappa shape index (κ2) is 8.34. The molecule has 1 aromatic carbocycles. The molecule has 0 aliphatic rings. The first-order valence-corrected chi connectivity index (χ1v) is 10.6. The SMILES string of the molecule is CC(C)CNCCn1c(Sc2cc3c(ccn3C)cc2C#N)nc2c(N)ncnc21. The van der Waals surface area contributed by atoms with E-state index in [0.29, 0.717) is 35.0 Å². The first-order valence-electron chi connectivity index (χ1n) is 9.82. The molecule has 0 bridgehead atoms. The molecule has 30 heavy (non-hydrogen) atoms. The van der Waals surface area contributed by atoms with E-state index in [4.69, 9.17) is 10.7 Å². The highest BCUT2D eigenvalue weighted by Crippen LogP contribution is 2.35. The summed E-state index contributed by atoms with van der Waals surface area (Å²) >= 11 is 1.46. The van der Waals surface area contributed by atoms with Crippen molar-refractivity contribution in [3.05, 3.63) is 36.3 Å². The standard InChI is InChI=1S/C21H24N8S/c1-13(2)11-24-5-7-29-20-18(19(23)25-12-26-20)27-21(29)30-17-9-16-14(4-6-28(16)3)8-15(17)10-22/h4,6,8-9,12-13,24H,5,7,11H2,1-3H3,(H2,23,25,26). The van der Waals surface area contributed by atoms with Crippen molar-refractivity contribution < 1.29 is 0 Å². The van der Waals surface area contributed by atoms with Crippen LogP contribution in [0.4, 0.5) is 5.82 Å². The van der Waals surface area contributed by atoms with Gasteiger partial charge in [0.15, 0.2) is 22.1 Å². The Labute approximate surface area is 179 Å². The van der Waals surface area contributed by atoms with Crippen molar-refractivity contribution in [2.45, 2.75) is 30.4 Å². The van der Waals surface area contributed by atoms with Crippen LogP contribution in [0.5, 0.6) is 0 Å². The van der Waals surface area contributed by atoms with E-state index in [2.05, 4.69) is 35.2 Å². The summed E-state index contributed by atoms with van der Waals surface area (Å²) in [5.74, 6) is 0.931. The third-order valence-electron chi connectivity index (χ3n) is 4.90. The fourth-order valence-corrected chi connectivity index (χ4v) is 4.37. The highest BCUT2D eigenvalue weighted by Gasteiger charge is 2.18. The molecule has 0 spiro atoms. The van der Waals surface area contributed by atoms with Crippen LogP contribution < -0.4 is 11.1 Å². The molecule has 9 heteroatoms. The number of hydrogen-bond donors (Lipinski definition) is 2. The normalized spacial score (nSPS) is 11.6. The van der Waals surface area contributed by atoms with Crippen molar-refractivity contribution in [1.29, 1.82) is 5.26 Å². The van der Waals surface area contributed by atoms with Crippen LogP contribution in [-0.2, 0) is 13.6 Å². The van der Waals surface area contributed by atoms with Gasteiger partial charge < -0.3 is 20.2 Å². The average Bonchev–Trinajstić information content (AvgIpc) is 3.26. The maximum Gasteiger partial charge on any atom is 0.175 e. The first-order chi connectivity index (χ1) is 14.5. The van der Waals surface area contributed by atoms with Crippen LogP contribution in [0.3, 0.4) is 0 Å². The van der Waals surface area contributed by atoms with Crippen LogP contribution in [0.2, 0.25) is 0 Å². The predicted molar refractivity (Wildman–Crippen MR) is 119 cm³/mol. The van der Waals surface area contributed by atoms with E-state index in [1.165, 1.54) is 18.1 Å². The molecule has 0 saturated carbocycles. The molecule has 3 aromatic heterocycles. The predicted octanol–water partition coefficient (Wildman–Crippen LogP) is 3.17. The lowest BCUT2D eigenvalue weighted by Crippen LogP contribution is -2.24. The number of fused-ring (bicyclic) bond motifs is 2. The molecule has 3 N–H and O–H groups in total. The second-order valence-corrected chi connectivity index (χ2v) is 8.63. The molecule has 0 aliphatic heterocycles. The van der Waals surface area contributed by atoms with Gasteiger partial charge in [-0.25, -0.2) is 15.0 Å². The van der Waals surface area contributed by atoms with Gasteiger partial charge in [0.05, 0.1) is 5.56 Å². The number of nitrogens with one attached hydrogen (secondary N) is 1. The molecule has 0 unspecified atom stereocenters. The maximum absolute atomic E-state index is 9.69. The Kier molecular flexibility index (Phi) is 5.61. The number of nitriles is 1. The largest absolute Gasteiger partial charge is 0.382 e. The van der Waals surface area contributed by atoms with Gasteiger partial charge in [0.25, 0.3) is 0 Å². The Morgan fingerprint density at radius 2 is 2.13 bits per heavy atom. The molecule has 154 valence electrons. The molecule has 0 atom stereocenters. The molecule has 0 radical (unpaired) electrons. The number of aromatic nitrogens is 5. The Bertz CT molecular complexity index is 1250. The molecule has 8 nitrogen and oxygen atoms in total. The average molecular weight is 421 g/mol. The summed E-state index contributed by atoms with van der Waals surface area (Å²) in [6.07, 6.45) is 3.45. The molecule has 3 heterocycles. The second-order valence-electron chi connectivity index (χ2n) is 7.62. The summed E-state index contributed by atoms with van der Waals surface area (Å²) in [4.78, 5) is 14.1. The lowest BCUT2D eigenvalue weighted by Gasteiger charge is -2.11. The van der Waals surface area contributed by atoms with E-state index in [-0.39, 0.29) is 0 Å². The van der Waals surface area contributed by atoms with E-state index in [1.54, 1.807) is 0 Å². The maximum atomic E-state index is 9.69. The Balaban J connectivity index is 1.74. The van der Waals surface area contributed by atoms with E-state index in [1.807, 2.05) is 40.6 Å². The number of imidazole rings is 1. The molecule has 0 amide bonds. The van der Waals surface area contributed by atoms with Crippen LogP contribution >= 0.6 is 11.8 Å². The van der Waals surface area contributed by atoms with Gasteiger partial charge in [0.1, 0.15) is 12.4 Å². The Hall–Kier alpha value is -3.09. The number of benzene rings is 1. The van der Waals surface area contributed by atoms with E-state index >= 15 is 0 Å². The minimum Gasteiger partial charge on any atom is -0.382 e. The summed E-state index contributed by atoms with van der Waals surface area (Å²) in [6, 6.07) is 8.28. The molecular weight excluding hydrogens is 396 g/mol. The van der Waals surface area contributed by atoms with Crippen LogP contribution in [0.15, 0.2) is 40.8 Å². The monoisotopic (exact) mass is 420 g/mol. The number of hydrogen-bond acceptors (Lipinski definition) is 7. The van der Waals surface area contributed by atoms with E-state index in [9.17, 15) is 5.26 Å². The van der Waals surface area contributed by atoms with Crippen LogP contribution in [-0.4, -0.2) is 37.2 Å². The fourth-order valence-electron chi connectivity index (χ4n) is 3.36. The molecule has 0 saturated heterocycles. The summed E-state index contributed by atoms with van der Waals surface area (Å²) in [7, 11) is 1.99. The first kappa shape index (κ1) is 20.2. The summed E-state index contributed by atoms with van der Waals surface area (Å²) in [5, 5.41) is 14.9. The Morgan fingerprint density at radius 3 is 2.90 bits per heavy atom. The van der Waals surface area contributed by atoms with Gasteiger partial charge >= 0.3 is 0 Å². The number of aryl methyl sites for hydroxylation is 1. The van der Waals surface area contributed by atoms with Gasteiger partial charge in [0, 0.05) is 42.1 Å². The summed E-state index contributed by atoms with van der Waals surface area (Å²) in [6.45, 7) is 6.77. The number of rotatable bonds is 7. The molecule has 4 aromatic rings. The van der Waals surface area contributed by atoms with Gasteiger partial charge in [-0.05, 0) is 30.7 Å². The van der Waals surface area contributed by atoms with Crippen LogP contribution in [0.25, 0.3) is 22.1 Å². The topological polar surface area (TPSA) is 110 Å². The zero-order valence-electron chi connectivity index (χ0n) is 17.3. The van der Waals surface area contributed by atoms with Crippen molar-refractivity contribution in [2.75, 3.05) is 18.8 Å². The van der Waals surface area contributed by atoms with Gasteiger partial charge in [-0.3, -0.25) is 0 Å². The quantitative estimate of drug-likeness (QED) is 0.442. The van der Waals surface area contributed by atoms with Crippen LogP contribution in [0, 0.1) is 17.2 Å². The van der Waals surface area contributed by atoms with Crippen molar-refractivity contribution in [3.63, 3.8) is 0 Å². The van der Waals surface area contributed by atoms with Gasteiger partial charge in [-0.15, -0.1) is 0 Å². The van der Waals surface area contributed by atoms with Gasteiger partial charge in [0.2, 0.25) is 0 Å². The third kappa shape index (κ3) is 3.84. The number of nitrogen functional groups attached to an aromatic ring is 1. The van der Waals surface area contributed by atoms with E-state index in [0.717, 1.165) is 34.0 Å². The van der Waals surface area contributed by atoms with Gasteiger partial charge in [-0.1, -0.05) is 25.6 Å². The van der Waals surface area contributed by atoms with Gasteiger partial charge in [-0.2, -0.15) is 5.26 Å². The molecule has 0 fully saturated rings. The van der Waals surface area contributed by atoms with Crippen molar-refractivity contribution in [2.24, 2.45) is 13.0 Å². The number of nitrogens with two attached hydrogens (primary N) is 1. The van der Waals surface area contributed by atoms with Crippen molar-refractivity contribution in [3.8, 4) is 6.07 Å². The smallest absolute Gasteiger partial charge is 0.175 e. The third-order valence-corrected chi connectivity index (χ3v) is 5.95. The van der Waals surface area contributed by atoms with Crippen molar-refractivity contribution >= 4 is 39.6 Å². The van der Waals surface area contributed by atoms with E-state index < -0.39 is 0 Å². The molecular formula is C21H24N8S. The number of anilines is 1. The highest BCUT2D eigenvalue weighted by atomic mass is 32.2. The minimum absolute atomic E-state index is 0.356. The minimum atomic E-state index is 0.356. The summed E-state index contributed by atoms with van der Waals surface area (Å²) < 4.78 is 4.09. The molecule has 4 rings (SSSR count). The summed E-state index contributed by atoms with van der Waals surface area (Å²) in [5.41, 5.74) is 9.03. The Morgan fingerprint density at radius 1 is 1.30 bits per heavy atom. The fraction of sp³-hybridized carbons (Fsp3) is 0.333. The number of nitrogens with zero attached hydrogens (tertiary/aromatic N) is 6. The van der Waals surface area contributed by atoms with Crippen molar-refractivity contribution in [1.82, 2.24) is 29.4 Å².